The van der Waals surface area contributed by atoms with Crippen molar-refractivity contribution >= 4 is 5.97 Å². The number of carboxylic acid groups (broad SMARTS) is 1. The van der Waals surface area contributed by atoms with E-state index in [2.05, 4.69) is 17.4 Å². The third kappa shape index (κ3) is 3.97. The fraction of sp³-hybridized carbons (Fsp3) is 0.588. The van der Waals surface area contributed by atoms with Gasteiger partial charge in [-0.15, -0.1) is 0 Å². The Morgan fingerprint density at radius 1 is 1.38 bits per heavy atom. The lowest BCUT2D eigenvalue weighted by molar-refractivity contribution is -0.145. The SMILES string of the molecule is CC(C)NC(C)(CCOc1ccc2c(c1)CCC2)C(=O)O. The summed E-state index contributed by atoms with van der Waals surface area (Å²) in [5.74, 6) is 0.00156. The van der Waals surface area contributed by atoms with Gasteiger partial charge >= 0.3 is 5.97 Å². The number of fused-ring (bicyclic) bond motifs is 1. The summed E-state index contributed by atoms with van der Waals surface area (Å²) in [6, 6.07) is 6.32. The number of hydrogen-bond donors (Lipinski definition) is 2. The van der Waals surface area contributed by atoms with Gasteiger partial charge < -0.3 is 9.84 Å². The number of aliphatic carboxylic acids is 1. The van der Waals surface area contributed by atoms with Crippen molar-refractivity contribution in [3.05, 3.63) is 29.3 Å². The molecule has 1 aromatic carbocycles. The summed E-state index contributed by atoms with van der Waals surface area (Å²) in [6.07, 6.45) is 3.92. The molecule has 1 aliphatic rings. The first-order chi connectivity index (χ1) is 9.90. The summed E-state index contributed by atoms with van der Waals surface area (Å²) >= 11 is 0. The Labute approximate surface area is 126 Å². The summed E-state index contributed by atoms with van der Waals surface area (Å²) in [4.78, 5) is 11.4. The molecule has 0 bridgehead atoms. The number of ether oxygens (including phenoxy) is 1. The van der Waals surface area contributed by atoms with Crippen molar-refractivity contribution in [2.24, 2.45) is 0 Å². The predicted octanol–water partition coefficient (Wildman–Crippen LogP) is 2.79. The Balaban J connectivity index is 1.92. The molecule has 1 aromatic rings. The highest BCUT2D eigenvalue weighted by atomic mass is 16.5. The molecule has 1 aliphatic carbocycles. The normalized spacial score (nSPS) is 16.6. The summed E-state index contributed by atoms with van der Waals surface area (Å²) in [6.45, 7) is 5.99. The van der Waals surface area contributed by atoms with Crippen molar-refractivity contribution in [1.82, 2.24) is 5.32 Å². The van der Waals surface area contributed by atoms with Gasteiger partial charge in [-0.3, -0.25) is 10.1 Å². The van der Waals surface area contributed by atoms with Crippen LogP contribution in [0.4, 0.5) is 0 Å². The highest BCUT2D eigenvalue weighted by Gasteiger charge is 2.33. The van der Waals surface area contributed by atoms with Gasteiger partial charge in [0.05, 0.1) is 6.61 Å². The summed E-state index contributed by atoms with van der Waals surface area (Å²) < 4.78 is 5.76. The molecule has 2 N–H and O–H groups in total. The van der Waals surface area contributed by atoms with Crippen molar-refractivity contribution in [1.29, 1.82) is 0 Å². The molecule has 0 heterocycles. The van der Waals surface area contributed by atoms with E-state index in [1.54, 1.807) is 6.92 Å². The maximum atomic E-state index is 11.4. The first-order valence-corrected chi connectivity index (χ1v) is 7.66. The molecule has 0 saturated carbocycles. The number of rotatable bonds is 7. The Hall–Kier alpha value is -1.55. The largest absolute Gasteiger partial charge is 0.493 e. The average molecular weight is 291 g/mol. The minimum Gasteiger partial charge on any atom is -0.493 e. The first-order valence-electron chi connectivity index (χ1n) is 7.66. The highest BCUT2D eigenvalue weighted by molar-refractivity contribution is 5.78. The zero-order valence-electron chi connectivity index (χ0n) is 13.1. The van der Waals surface area contributed by atoms with Gasteiger partial charge in [0.2, 0.25) is 0 Å². The quantitative estimate of drug-likeness (QED) is 0.811. The second-order valence-corrected chi connectivity index (χ2v) is 6.32. The third-order valence-electron chi connectivity index (χ3n) is 4.02. The minimum absolute atomic E-state index is 0.117. The molecule has 0 amide bonds. The maximum Gasteiger partial charge on any atom is 0.323 e. The van der Waals surface area contributed by atoms with Gasteiger partial charge in [0.1, 0.15) is 11.3 Å². The van der Waals surface area contributed by atoms with Crippen molar-refractivity contribution in [3.63, 3.8) is 0 Å². The van der Waals surface area contributed by atoms with E-state index in [0.717, 1.165) is 18.6 Å². The zero-order chi connectivity index (χ0) is 15.5. The van der Waals surface area contributed by atoms with Gasteiger partial charge in [0.25, 0.3) is 0 Å². The van der Waals surface area contributed by atoms with Crippen molar-refractivity contribution in [3.8, 4) is 5.75 Å². The number of benzene rings is 1. The van der Waals surface area contributed by atoms with Crippen LogP contribution in [-0.2, 0) is 17.6 Å². The van der Waals surface area contributed by atoms with Crippen molar-refractivity contribution in [2.45, 2.75) is 58.0 Å². The standard InChI is InChI=1S/C17H25NO3/c1-12(2)18-17(3,16(19)20)9-10-21-15-8-7-13-5-4-6-14(13)11-15/h7-8,11-12,18H,4-6,9-10H2,1-3H3,(H,19,20). The first kappa shape index (κ1) is 15.8. The van der Waals surface area contributed by atoms with E-state index >= 15 is 0 Å². The van der Waals surface area contributed by atoms with Crippen LogP contribution in [0.3, 0.4) is 0 Å². The lowest BCUT2D eigenvalue weighted by Crippen LogP contribution is -2.53. The molecule has 0 aromatic heterocycles. The van der Waals surface area contributed by atoms with Crippen LogP contribution >= 0.6 is 0 Å². The molecule has 4 nitrogen and oxygen atoms in total. The molecule has 0 radical (unpaired) electrons. The monoisotopic (exact) mass is 291 g/mol. The molecular weight excluding hydrogens is 266 g/mol. The van der Waals surface area contributed by atoms with Crippen LogP contribution in [0.2, 0.25) is 0 Å². The minimum atomic E-state index is -0.953. The van der Waals surface area contributed by atoms with Crippen LogP contribution in [0.25, 0.3) is 0 Å². The molecule has 4 heteroatoms. The topological polar surface area (TPSA) is 58.6 Å². The van der Waals surface area contributed by atoms with E-state index in [-0.39, 0.29) is 6.04 Å². The number of aryl methyl sites for hydroxylation is 2. The van der Waals surface area contributed by atoms with E-state index in [1.807, 2.05) is 19.9 Å². The molecule has 2 rings (SSSR count). The van der Waals surface area contributed by atoms with Crippen LogP contribution in [0.15, 0.2) is 18.2 Å². The van der Waals surface area contributed by atoms with Gasteiger partial charge in [-0.25, -0.2) is 0 Å². The molecule has 116 valence electrons. The fourth-order valence-electron chi connectivity index (χ4n) is 2.89. The summed E-state index contributed by atoms with van der Waals surface area (Å²) in [5.41, 5.74) is 1.83. The molecule has 0 fully saturated rings. The lowest BCUT2D eigenvalue weighted by Gasteiger charge is -2.28. The predicted molar refractivity (Wildman–Crippen MR) is 82.9 cm³/mol. The fourth-order valence-corrected chi connectivity index (χ4v) is 2.89. The molecule has 1 unspecified atom stereocenters. The number of hydrogen-bond acceptors (Lipinski definition) is 3. The Morgan fingerprint density at radius 3 is 2.76 bits per heavy atom. The number of carboxylic acids is 1. The van der Waals surface area contributed by atoms with E-state index in [4.69, 9.17) is 4.74 Å². The van der Waals surface area contributed by atoms with Crippen LogP contribution in [0, 0.1) is 0 Å². The molecule has 0 aliphatic heterocycles. The van der Waals surface area contributed by atoms with Gasteiger partial charge in [0.15, 0.2) is 0 Å². The molecular formula is C17H25NO3. The second-order valence-electron chi connectivity index (χ2n) is 6.32. The van der Waals surface area contributed by atoms with Gasteiger partial charge in [-0.05, 0) is 63.3 Å². The maximum absolute atomic E-state index is 11.4. The van der Waals surface area contributed by atoms with E-state index in [1.165, 1.54) is 17.5 Å². The third-order valence-corrected chi connectivity index (χ3v) is 4.02. The van der Waals surface area contributed by atoms with E-state index < -0.39 is 11.5 Å². The Kier molecular flexibility index (Phi) is 4.88. The average Bonchev–Trinajstić information content (AvgIpc) is 2.85. The van der Waals surface area contributed by atoms with Gasteiger partial charge in [-0.1, -0.05) is 6.07 Å². The molecule has 0 saturated heterocycles. The smallest absolute Gasteiger partial charge is 0.323 e. The van der Waals surface area contributed by atoms with Crippen LogP contribution in [0.5, 0.6) is 5.75 Å². The molecule has 1 atom stereocenters. The van der Waals surface area contributed by atoms with E-state index in [9.17, 15) is 9.90 Å². The summed E-state index contributed by atoms with van der Waals surface area (Å²) in [7, 11) is 0. The molecule has 21 heavy (non-hydrogen) atoms. The Bertz CT molecular complexity index is 513. The summed E-state index contributed by atoms with van der Waals surface area (Å²) in [5, 5.41) is 12.5. The highest BCUT2D eigenvalue weighted by Crippen LogP contribution is 2.26. The van der Waals surface area contributed by atoms with Crippen molar-refractivity contribution < 1.29 is 14.6 Å². The number of carbonyl (C=O) groups is 1. The van der Waals surface area contributed by atoms with Crippen LogP contribution < -0.4 is 10.1 Å². The lowest BCUT2D eigenvalue weighted by atomic mass is 9.97. The second kappa shape index (κ2) is 6.48. The Morgan fingerprint density at radius 2 is 2.10 bits per heavy atom. The van der Waals surface area contributed by atoms with E-state index in [0.29, 0.717) is 13.0 Å². The van der Waals surface area contributed by atoms with Gasteiger partial charge in [0, 0.05) is 12.5 Å². The molecule has 0 spiro atoms. The van der Waals surface area contributed by atoms with Crippen LogP contribution in [-0.4, -0.2) is 29.3 Å². The number of nitrogens with one attached hydrogen (secondary N) is 1. The van der Waals surface area contributed by atoms with Gasteiger partial charge in [-0.2, -0.15) is 0 Å². The zero-order valence-corrected chi connectivity index (χ0v) is 13.1. The van der Waals surface area contributed by atoms with Crippen molar-refractivity contribution in [2.75, 3.05) is 6.61 Å². The van der Waals surface area contributed by atoms with Crippen LogP contribution in [0.1, 0.15) is 44.7 Å².